The summed E-state index contributed by atoms with van der Waals surface area (Å²) in [7, 11) is 0. The minimum Gasteiger partial charge on any atom is -0.351 e. The van der Waals surface area contributed by atoms with Crippen LogP contribution in [-0.2, 0) is 4.79 Å². The Balaban J connectivity index is 4.09. The first-order valence-electron chi connectivity index (χ1n) is 4.33. The first-order chi connectivity index (χ1) is 6.11. The van der Waals surface area contributed by atoms with Crippen LogP contribution in [0.3, 0.4) is 0 Å². The van der Waals surface area contributed by atoms with Gasteiger partial charge in [0.1, 0.15) is 0 Å². The van der Waals surface area contributed by atoms with Gasteiger partial charge in [-0.1, -0.05) is 19.4 Å². The number of carbonyl (C=O) groups is 2. The lowest BCUT2D eigenvalue weighted by Gasteiger charge is -2.11. The summed E-state index contributed by atoms with van der Waals surface area (Å²) in [6.07, 6.45) is 3.88. The number of allylic oxidation sites excluding steroid dienone is 1. The molecule has 0 saturated carbocycles. The Bertz CT molecular complexity index is 202. The zero-order chi connectivity index (χ0) is 10.3. The lowest BCUT2D eigenvalue weighted by Crippen LogP contribution is -2.39. The summed E-state index contributed by atoms with van der Waals surface area (Å²) in [6, 6.07) is -0.796. The Morgan fingerprint density at radius 3 is 2.62 bits per heavy atom. The molecule has 0 bridgehead atoms. The Kier molecular flexibility index (Phi) is 5.59. The highest BCUT2D eigenvalue weighted by Crippen LogP contribution is 2.11. The Hall–Kier alpha value is -1.32. The zero-order valence-electron chi connectivity index (χ0n) is 7.88. The maximum atomic E-state index is 11.3. The van der Waals surface area contributed by atoms with Crippen LogP contribution in [0.4, 0.5) is 4.79 Å². The van der Waals surface area contributed by atoms with Crippen molar-refractivity contribution in [2.45, 2.75) is 26.2 Å². The van der Waals surface area contributed by atoms with E-state index in [1.54, 1.807) is 6.08 Å². The Labute approximate surface area is 78.2 Å². The van der Waals surface area contributed by atoms with E-state index in [0.29, 0.717) is 6.42 Å². The highest BCUT2D eigenvalue weighted by molar-refractivity contribution is 5.94. The van der Waals surface area contributed by atoms with Gasteiger partial charge in [-0.3, -0.25) is 10.1 Å². The van der Waals surface area contributed by atoms with Crippen molar-refractivity contribution >= 4 is 11.9 Å². The number of nitrogens with one attached hydrogen (secondary N) is 1. The molecule has 1 atom stereocenters. The van der Waals surface area contributed by atoms with Crippen LogP contribution in [0.1, 0.15) is 26.2 Å². The van der Waals surface area contributed by atoms with Gasteiger partial charge in [-0.25, -0.2) is 4.79 Å². The average molecular weight is 184 g/mol. The van der Waals surface area contributed by atoms with Crippen molar-refractivity contribution in [2.24, 2.45) is 11.7 Å². The van der Waals surface area contributed by atoms with Gasteiger partial charge in [-0.2, -0.15) is 0 Å². The quantitative estimate of drug-likeness (QED) is 0.629. The number of carbonyl (C=O) groups excluding carboxylic acids is 2. The Morgan fingerprint density at radius 2 is 2.23 bits per heavy atom. The molecule has 4 heteroatoms. The van der Waals surface area contributed by atoms with Gasteiger partial charge in [0.15, 0.2) is 0 Å². The number of hydrogen-bond donors (Lipinski definition) is 2. The molecule has 0 saturated heterocycles. The molecule has 0 aliphatic rings. The molecule has 0 aromatic heterocycles. The highest BCUT2D eigenvalue weighted by Gasteiger charge is 2.16. The van der Waals surface area contributed by atoms with Gasteiger partial charge in [0.25, 0.3) is 0 Å². The van der Waals surface area contributed by atoms with Crippen molar-refractivity contribution in [3.63, 3.8) is 0 Å². The van der Waals surface area contributed by atoms with E-state index in [1.807, 2.05) is 6.92 Å². The van der Waals surface area contributed by atoms with Crippen molar-refractivity contribution in [3.05, 3.63) is 12.7 Å². The molecule has 0 aliphatic carbocycles. The fourth-order valence-electron chi connectivity index (χ4n) is 1.13. The molecule has 0 heterocycles. The monoisotopic (exact) mass is 184 g/mol. The number of rotatable bonds is 5. The lowest BCUT2D eigenvalue weighted by atomic mass is 9.99. The number of nitrogens with two attached hydrogens (primary N) is 1. The van der Waals surface area contributed by atoms with Crippen molar-refractivity contribution in [3.8, 4) is 0 Å². The third-order valence-electron chi connectivity index (χ3n) is 1.71. The van der Waals surface area contributed by atoms with E-state index in [4.69, 9.17) is 5.73 Å². The number of primary amides is 1. The molecule has 0 spiro atoms. The molecule has 4 nitrogen and oxygen atoms in total. The van der Waals surface area contributed by atoms with Crippen LogP contribution in [0.15, 0.2) is 12.7 Å². The minimum absolute atomic E-state index is 0.185. The van der Waals surface area contributed by atoms with Crippen molar-refractivity contribution < 1.29 is 9.59 Å². The summed E-state index contributed by atoms with van der Waals surface area (Å²) in [6.45, 7) is 5.53. The van der Waals surface area contributed by atoms with Crippen LogP contribution in [0.5, 0.6) is 0 Å². The van der Waals surface area contributed by atoms with Gasteiger partial charge >= 0.3 is 6.03 Å². The van der Waals surface area contributed by atoms with Gasteiger partial charge in [0, 0.05) is 5.92 Å². The summed E-state index contributed by atoms with van der Waals surface area (Å²) in [5.41, 5.74) is 4.83. The molecule has 13 heavy (non-hydrogen) atoms. The smallest absolute Gasteiger partial charge is 0.318 e. The molecule has 3 amide bonds. The second kappa shape index (κ2) is 6.22. The fraction of sp³-hybridized carbons (Fsp3) is 0.556. The van der Waals surface area contributed by atoms with E-state index in [2.05, 4.69) is 11.9 Å². The maximum Gasteiger partial charge on any atom is 0.318 e. The largest absolute Gasteiger partial charge is 0.351 e. The van der Waals surface area contributed by atoms with E-state index >= 15 is 0 Å². The number of amides is 3. The molecular formula is C9H16N2O2. The summed E-state index contributed by atoms with van der Waals surface area (Å²) in [4.78, 5) is 21.7. The van der Waals surface area contributed by atoms with Gasteiger partial charge in [-0.05, 0) is 12.8 Å². The molecule has 0 rings (SSSR count). The first-order valence-corrected chi connectivity index (χ1v) is 4.33. The summed E-state index contributed by atoms with van der Waals surface area (Å²) in [5.74, 6) is -0.496. The summed E-state index contributed by atoms with van der Waals surface area (Å²) in [5, 5.41) is 2.06. The van der Waals surface area contributed by atoms with E-state index in [1.165, 1.54) is 0 Å². The number of urea groups is 1. The lowest BCUT2D eigenvalue weighted by molar-refractivity contribution is -0.123. The first kappa shape index (κ1) is 11.7. The predicted molar refractivity (Wildman–Crippen MR) is 50.9 cm³/mol. The van der Waals surface area contributed by atoms with Crippen molar-refractivity contribution in [1.29, 1.82) is 0 Å². The van der Waals surface area contributed by atoms with E-state index in [-0.39, 0.29) is 11.8 Å². The minimum atomic E-state index is -0.796. The van der Waals surface area contributed by atoms with Crippen molar-refractivity contribution in [2.75, 3.05) is 0 Å². The third-order valence-corrected chi connectivity index (χ3v) is 1.71. The summed E-state index contributed by atoms with van der Waals surface area (Å²) >= 11 is 0. The molecule has 74 valence electrons. The SMILES string of the molecule is C=CC[C@H](CCC)C(=O)NC(N)=O. The molecular weight excluding hydrogens is 168 g/mol. The fourth-order valence-corrected chi connectivity index (χ4v) is 1.13. The topological polar surface area (TPSA) is 72.2 Å². The molecule has 0 aromatic carbocycles. The third kappa shape index (κ3) is 5.00. The molecule has 3 N–H and O–H groups in total. The second-order valence-electron chi connectivity index (χ2n) is 2.86. The van der Waals surface area contributed by atoms with Gasteiger partial charge in [0.2, 0.25) is 5.91 Å². The van der Waals surface area contributed by atoms with Gasteiger partial charge in [0.05, 0.1) is 0 Å². The van der Waals surface area contributed by atoms with Crippen LogP contribution < -0.4 is 11.1 Å². The van der Waals surface area contributed by atoms with E-state index < -0.39 is 6.03 Å². The summed E-state index contributed by atoms with van der Waals surface area (Å²) < 4.78 is 0. The van der Waals surface area contributed by atoms with Crippen LogP contribution in [0.2, 0.25) is 0 Å². The zero-order valence-corrected chi connectivity index (χ0v) is 7.88. The predicted octanol–water partition coefficient (Wildman–Crippen LogP) is 1.17. The second-order valence-corrected chi connectivity index (χ2v) is 2.86. The van der Waals surface area contributed by atoms with Crippen molar-refractivity contribution in [1.82, 2.24) is 5.32 Å². The van der Waals surface area contributed by atoms with Crippen LogP contribution in [-0.4, -0.2) is 11.9 Å². The molecule has 0 unspecified atom stereocenters. The molecule has 0 aliphatic heterocycles. The Morgan fingerprint density at radius 1 is 1.62 bits per heavy atom. The molecule has 0 aromatic rings. The maximum absolute atomic E-state index is 11.3. The van der Waals surface area contributed by atoms with Gasteiger partial charge in [-0.15, -0.1) is 6.58 Å². The standard InChI is InChI=1S/C9H16N2O2/c1-3-5-7(6-4-2)8(12)11-9(10)13/h3,7H,1,4-6H2,2H3,(H3,10,11,12,13)/t7-/m1/s1. The van der Waals surface area contributed by atoms with Crippen LogP contribution >= 0.6 is 0 Å². The highest BCUT2D eigenvalue weighted by atomic mass is 16.2. The normalized spacial score (nSPS) is 11.8. The van der Waals surface area contributed by atoms with Crippen LogP contribution in [0, 0.1) is 5.92 Å². The number of imide groups is 1. The average Bonchev–Trinajstić information content (AvgIpc) is 2.02. The van der Waals surface area contributed by atoms with Crippen LogP contribution in [0.25, 0.3) is 0 Å². The number of hydrogen-bond acceptors (Lipinski definition) is 2. The molecule has 0 radical (unpaired) electrons. The molecule has 0 fully saturated rings. The van der Waals surface area contributed by atoms with E-state index in [0.717, 1.165) is 12.8 Å². The van der Waals surface area contributed by atoms with Gasteiger partial charge < -0.3 is 5.73 Å². The van der Waals surface area contributed by atoms with E-state index in [9.17, 15) is 9.59 Å².